The van der Waals surface area contributed by atoms with Crippen molar-refractivity contribution in [1.29, 1.82) is 0 Å². The molecule has 0 N–H and O–H groups in total. The predicted molar refractivity (Wildman–Crippen MR) is 83.1 cm³/mol. The average molecular weight is 308 g/mol. The Kier molecular flexibility index (Phi) is 5.05. The number of halogens is 2. The van der Waals surface area contributed by atoms with Gasteiger partial charge in [0.25, 0.3) is 0 Å². The number of carbonyl (C=O) groups is 1. The van der Waals surface area contributed by atoms with Crippen molar-refractivity contribution in [3.8, 4) is 0 Å². The lowest BCUT2D eigenvalue weighted by Crippen LogP contribution is -2.27. The Hall–Kier alpha value is -1.51. The summed E-state index contributed by atoms with van der Waals surface area (Å²) in [5, 5.41) is 0.975. The molecule has 2 aromatic rings. The van der Waals surface area contributed by atoms with Gasteiger partial charge in [0.2, 0.25) is 5.91 Å². The molecule has 0 aliphatic rings. The fourth-order valence-electron chi connectivity index (χ4n) is 1.90. The van der Waals surface area contributed by atoms with Gasteiger partial charge in [-0.3, -0.25) is 4.79 Å². The third kappa shape index (κ3) is 3.99. The highest BCUT2D eigenvalue weighted by molar-refractivity contribution is 6.42. The highest BCUT2D eigenvalue weighted by Crippen LogP contribution is 2.23. The van der Waals surface area contributed by atoms with Gasteiger partial charge in [-0.15, -0.1) is 0 Å². The second-order valence-corrected chi connectivity index (χ2v) is 5.48. The molecule has 0 unspecified atom stereocenters. The Balaban J connectivity index is 1.99. The number of nitrogens with zero attached hydrogens (tertiary/aromatic N) is 1. The first-order chi connectivity index (χ1) is 9.56. The summed E-state index contributed by atoms with van der Waals surface area (Å²) in [5.74, 6) is 0.0484. The molecule has 1 amide bonds. The first-order valence-electron chi connectivity index (χ1n) is 6.28. The molecule has 2 rings (SSSR count). The molecule has 0 radical (unpaired) electrons. The van der Waals surface area contributed by atoms with E-state index in [9.17, 15) is 4.79 Å². The maximum atomic E-state index is 12.2. The number of carbonyl (C=O) groups excluding carboxylic acids is 1. The van der Waals surface area contributed by atoms with Crippen LogP contribution in [0.4, 0.5) is 0 Å². The molecule has 0 saturated heterocycles. The van der Waals surface area contributed by atoms with E-state index in [1.807, 2.05) is 36.4 Å². The Morgan fingerprint density at radius 1 is 1.00 bits per heavy atom. The quantitative estimate of drug-likeness (QED) is 0.829. The second-order valence-electron chi connectivity index (χ2n) is 4.66. The van der Waals surface area contributed by atoms with E-state index in [1.165, 1.54) is 0 Å². The molecule has 0 aliphatic carbocycles. The van der Waals surface area contributed by atoms with Crippen molar-refractivity contribution in [2.45, 2.75) is 13.0 Å². The normalized spacial score (nSPS) is 10.3. The van der Waals surface area contributed by atoms with Gasteiger partial charge in [0.05, 0.1) is 16.5 Å². The number of benzene rings is 2. The van der Waals surface area contributed by atoms with Crippen LogP contribution in [0.5, 0.6) is 0 Å². The summed E-state index contributed by atoms with van der Waals surface area (Å²) in [5.41, 5.74) is 1.97. The van der Waals surface area contributed by atoms with Crippen LogP contribution in [0.15, 0.2) is 48.5 Å². The molecule has 0 saturated carbocycles. The van der Waals surface area contributed by atoms with Crippen LogP contribution in [0.3, 0.4) is 0 Å². The standard InChI is InChI=1S/C16H15Cl2NO/c1-19(11-12-5-3-2-4-6-12)16(20)10-13-7-8-14(17)15(18)9-13/h2-9H,10-11H2,1H3. The van der Waals surface area contributed by atoms with E-state index in [2.05, 4.69) is 0 Å². The smallest absolute Gasteiger partial charge is 0.227 e. The van der Waals surface area contributed by atoms with Crippen molar-refractivity contribution in [2.75, 3.05) is 7.05 Å². The summed E-state index contributed by atoms with van der Waals surface area (Å²) in [6.07, 6.45) is 0.320. The lowest BCUT2D eigenvalue weighted by molar-refractivity contribution is -0.129. The van der Waals surface area contributed by atoms with E-state index in [4.69, 9.17) is 23.2 Å². The Bertz CT molecular complexity index is 599. The van der Waals surface area contributed by atoms with Crippen LogP contribution in [-0.4, -0.2) is 17.9 Å². The van der Waals surface area contributed by atoms with Gasteiger partial charge >= 0.3 is 0 Å². The Morgan fingerprint density at radius 2 is 1.70 bits per heavy atom. The Labute approximate surface area is 128 Å². The van der Waals surface area contributed by atoms with Crippen LogP contribution in [0, 0.1) is 0 Å². The van der Waals surface area contributed by atoms with E-state index in [-0.39, 0.29) is 5.91 Å². The summed E-state index contributed by atoms with van der Waals surface area (Å²) in [6.45, 7) is 0.598. The zero-order valence-corrected chi connectivity index (χ0v) is 12.7. The Morgan fingerprint density at radius 3 is 2.35 bits per heavy atom. The van der Waals surface area contributed by atoms with Gasteiger partial charge in [-0.25, -0.2) is 0 Å². The SMILES string of the molecule is CN(Cc1ccccc1)C(=O)Cc1ccc(Cl)c(Cl)c1. The molecule has 0 atom stereocenters. The highest BCUT2D eigenvalue weighted by Gasteiger charge is 2.11. The van der Waals surface area contributed by atoms with E-state index in [1.54, 1.807) is 24.1 Å². The molecule has 20 heavy (non-hydrogen) atoms. The number of hydrogen-bond acceptors (Lipinski definition) is 1. The molecule has 2 nitrogen and oxygen atoms in total. The molecule has 0 fully saturated rings. The van der Waals surface area contributed by atoms with Crippen molar-refractivity contribution in [3.05, 3.63) is 69.7 Å². The van der Waals surface area contributed by atoms with Crippen molar-refractivity contribution in [2.24, 2.45) is 0 Å². The topological polar surface area (TPSA) is 20.3 Å². The molecule has 104 valence electrons. The lowest BCUT2D eigenvalue weighted by atomic mass is 10.1. The fourth-order valence-corrected chi connectivity index (χ4v) is 2.23. The third-order valence-corrected chi connectivity index (χ3v) is 3.77. The first kappa shape index (κ1) is 14.9. The monoisotopic (exact) mass is 307 g/mol. The lowest BCUT2D eigenvalue weighted by Gasteiger charge is -2.17. The maximum Gasteiger partial charge on any atom is 0.227 e. The molecule has 0 bridgehead atoms. The largest absolute Gasteiger partial charge is 0.341 e. The van der Waals surface area contributed by atoms with Gasteiger partial charge in [0, 0.05) is 13.6 Å². The van der Waals surface area contributed by atoms with Gasteiger partial charge in [0.15, 0.2) is 0 Å². The van der Waals surface area contributed by atoms with Gasteiger partial charge in [-0.1, -0.05) is 59.6 Å². The van der Waals surface area contributed by atoms with Crippen LogP contribution in [0.1, 0.15) is 11.1 Å². The van der Waals surface area contributed by atoms with Gasteiger partial charge in [-0.2, -0.15) is 0 Å². The first-order valence-corrected chi connectivity index (χ1v) is 7.03. The molecule has 0 aromatic heterocycles. The molecule has 2 aromatic carbocycles. The summed E-state index contributed by atoms with van der Waals surface area (Å²) >= 11 is 11.8. The van der Waals surface area contributed by atoms with E-state index >= 15 is 0 Å². The van der Waals surface area contributed by atoms with Crippen LogP contribution in [-0.2, 0) is 17.8 Å². The van der Waals surface area contributed by atoms with Gasteiger partial charge < -0.3 is 4.90 Å². The van der Waals surface area contributed by atoms with Crippen LogP contribution < -0.4 is 0 Å². The summed E-state index contributed by atoms with van der Waals surface area (Å²) in [7, 11) is 1.80. The fraction of sp³-hybridized carbons (Fsp3) is 0.188. The van der Waals surface area contributed by atoms with Crippen LogP contribution >= 0.6 is 23.2 Å². The second kappa shape index (κ2) is 6.78. The number of rotatable bonds is 4. The highest BCUT2D eigenvalue weighted by atomic mass is 35.5. The van der Waals surface area contributed by atoms with Crippen molar-refractivity contribution in [1.82, 2.24) is 4.90 Å². The summed E-state index contributed by atoms with van der Waals surface area (Å²) < 4.78 is 0. The third-order valence-electron chi connectivity index (χ3n) is 3.03. The number of amides is 1. The van der Waals surface area contributed by atoms with Crippen molar-refractivity contribution >= 4 is 29.1 Å². The zero-order valence-electron chi connectivity index (χ0n) is 11.1. The van der Waals surface area contributed by atoms with E-state index in [0.29, 0.717) is 23.0 Å². The van der Waals surface area contributed by atoms with Crippen molar-refractivity contribution in [3.63, 3.8) is 0 Å². The summed E-state index contributed by atoms with van der Waals surface area (Å²) in [4.78, 5) is 13.9. The number of likely N-dealkylation sites (N-methyl/N-ethyl adjacent to an activating group) is 1. The van der Waals surface area contributed by atoms with Gasteiger partial charge in [-0.05, 0) is 23.3 Å². The average Bonchev–Trinajstić information content (AvgIpc) is 2.44. The molecular formula is C16H15Cl2NO. The minimum atomic E-state index is 0.0484. The van der Waals surface area contributed by atoms with E-state index in [0.717, 1.165) is 11.1 Å². The zero-order chi connectivity index (χ0) is 14.5. The minimum Gasteiger partial charge on any atom is -0.341 e. The summed E-state index contributed by atoms with van der Waals surface area (Å²) in [6, 6.07) is 15.2. The molecular weight excluding hydrogens is 293 g/mol. The molecule has 4 heteroatoms. The number of hydrogen-bond donors (Lipinski definition) is 0. The van der Waals surface area contributed by atoms with Crippen LogP contribution in [0.2, 0.25) is 10.0 Å². The molecule has 0 spiro atoms. The van der Waals surface area contributed by atoms with E-state index < -0.39 is 0 Å². The minimum absolute atomic E-state index is 0.0484. The van der Waals surface area contributed by atoms with Crippen molar-refractivity contribution < 1.29 is 4.79 Å². The molecule has 0 heterocycles. The van der Waals surface area contributed by atoms with Crippen LogP contribution in [0.25, 0.3) is 0 Å². The predicted octanol–water partition coefficient (Wildman–Crippen LogP) is 4.19. The molecule has 0 aliphatic heterocycles. The van der Waals surface area contributed by atoms with Gasteiger partial charge in [0.1, 0.15) is 0 Å². The maximum absolute atomic E-state index is 12.2.